The Kier molecular flexibility index (Phi) is 19.5. The second kappa shape index (κ2) is 26.1. The maximum atomic E-state index is 13.9. The number of carbonyl (C=O) groups excluding carboxylic acids is 7. The highest BCUT2D eigenvalue weighted by Gasteiger charge is 2.45. The van der Waals surface area contributed by atoms with Crippen LogP contribution in [-0.4, -0.2) is 129 Å². The van der Waals surface area contributed by atoms with Crippen molar-refractivity contribution in [2.45, 2.75) is 57.5 Å². The third kappa shape index (κ3) is 14.7. The zero-order chi connectivity index (χ0) is 52.0. The van der Waals surface area contributed by atoms with Crippen LogP contribution in [0.5, 0.6) is 5.75 Å². The van der Waals surface area contributed by atoms with E-state index in [4.69, 9.17) is 59.5 Å². The van der Waals surface area contributed by atoms with Crippen molar-refractivity contribution in [3.63, 3.8) is 0 Å². The van der Waals surface area contributed by atoms with Gasteiger partial charge in [0, 0.05) is 60.8 Å². The van der Waals surface area contributed by atoms with E-state index in [-0.39, 0.29) is 74.0 Å². The molecule has 73 heavy (non-hydrogen) atoms. The van der Waals surface area contributed by atoms with Crippen molar-refractivity contribution in [2.24, 2.45) is 5.73 Å². The Balaban J connectivity index is 0.743. The number of fused-ring (bicyclic) bond motifs is 1. The predicted molar refractivity (Wildman–Crippen MR) is 277 cm³/mol. The van der Waals surface area contributed by atoms with Crippen molar-refractivity contribution in [3.05, 3.63) is 138 Å². The van der Waals surface area contributed by atoms with E-state index in [1.54, 1.807) is 65.6 Å². The molecule has 19 heteroatoms. The van der Waals surface area contributed by atoms with Gasteiger partial charge in [0.15, 0.2) is 5.78 Å². The fourth-order valence-corrected chi connectivity index (χ4v) is 8.91. The summed E-state index contributed by atoms with van der Waals surface area (Å²) in [6.07, 6.45) is 5.00. The number of nitrogens with one attached hydrogen (secondary N) is 2. The van der Waals surface area contributed by atoms with E-state index in [2.05, 4.69) is 10.6 Å². The average molecular weight is 1060 g/mol. The van der Waals surface area contributed by atoms with Gasteiger partial charge >= 0.3 is 0 Å². The van der Waals surface area contributed by atoms with E-state index in [9.17, 15) is 33.6 Å². The number of ether oxygens (including phenoxy) is 4. The van der Waals surface area contributed by atoms with Gasteiger partial charge in [0.25, 0.3) is 11.8 Å². The number of nitrogens with zero attached hydrogens (tertiary/aromatic N) is 2. The first kappa shape index (κ1) is 54.5. The highest BCUT2D eigenvalue weighted by Crippen LogP contribution is 2.33. The second-order valence-electron chi connectivity index (χ2n) is 17.7. The van der Waals surface area contributed by atoms with Crippen LogP contribution in [0, 0.1) is 6.92 Å². The Labute approximate surface area is 438 Å². The van der Waals surface area contributed by atoms with Gasteiger partial charge in [-0.15, -0.1) is 0 Å². The summed E-state index contributed by atoms with van der Waals surface area (Å²) in [7, 11) is 0. The van der Waals surface area contributed by atoms with Gasteiger partial charge in [0.05, 0.1) is 73.5 Å². The van der Waals surface area contributed by atoms with Crippen LogP contribution < -0.4 is 21.1 Å². The van der Waals surface area contributed by atoms with E-state index >= 15 is 0 Å². The summed E-state index contributed by atoms with van der Waals surface area (Å²) in [6, 6.07) is 20.8. The molecule has 0 bridgehead atoms. The molecule has 4 N–H and O–H groups in total. The lowest BCUT2D eigenvalue weighted by Gasteiger charge is -2.32. The van der Waals surface area contributed by atoms with Gasteiger partial charge in [-0.25, -0.2) is 0 Å². The molecule has 2 fully saturated rings. The summed E-state index contributed by atoms with van der Waals surface area (Å²) >= 11 is 18.6. The molecule has 384 valence electrons. The van der Waals surface area contributed by atoms with Gasteiger partial charge in [-0.3, -0.25) is 43.8 Å². The molecule has 3 aliphatic rings. The van der Waals surface area contributed by atoms with Crippen LogP contribution in [0.15, 0.2) is 90.0 Å². The molecule has 3 heterocycles. The number of rotatable bonds is 24. The van der Waals surface area contributed by atoms with Crippen LogP contribution in [0.4, 0.5) is 5.69 Å². The van der Waals surface area contributed by atoms with E-state index < -0.39 is 35.7 Å². The molecular weight excluding hydrogens is 1000 g/mol. The summed E-state index contributed by atoms with van der Waals surface area (Å²) in [6.45, 7) is 4.56. The van der Waals surface area contributed by atoms with Crippen molar-refractivity contribution >= 4 is 93.7 Å². The number of amides is 5. The van der Waals surface area contributed by atoms with Gasteiger partial charge in [-0.05, 0) is 103 Å². The lowest BCUT2D eigenvalue weighted by atomic mass is 9.93. The number of piperidine rings is 2. The minimum Gasteiger partial charge on any atom is -0.494 e. The Morgan fingerprint density at radius 3 is 2.10 bits per heavy atom. The Hall–Kier alpha value is -6.24. The summed E-state index contributed by atoms with van der Waals surface area (Å²) in [4.78, 5) is 92.8. The lowest BCUT2D eigenvalue weighted by molar-refractivity contribution is -0.136. The molecule has 2 atom stereocenters. The maximum absolute atomic E-state index is 13.9. The van der Waals surface area contributed by atoms with E-state index in [0.29, 0.717) is 102 Å². The lowest BCUT2D eigenvalue weighted by Crippen LogP contribution is -2.54. The van der Waals surface area contributed by atoms with Crippen LogP contribution in [0.25, 0.3) is 12.2 Å². The zero-order valence-electron chi connectivity index (χ0n) is 40.2. The number of carbonyl (C=O) groups is 7. The molecule has 2 saturated heterocycles. The van der Waals surface area contributed by atoms with Gasteiger partial charge in [0.2, 0.25) is 17.7 Å². The van der Waals surface area contributed by atoms with Crippen LogP contribution in [0.1, 0.15) is 75.1 Å². The zero-order valence-corrected chi connectivity index (χ0v) is 42.5. The summed E-state index contributed by atoms with van der Waals surface area (Å²) in [5, 5.41) is 6.66. The smallest absolute Gasteiger partial charge is 0.264 e. The van der Waals surface area contributed by atoms with Crippen LogP contribution >= 0.6 is 34.8 Å². The maximum Gasteiger partial charge on any atom is 0.264 e. The van der Waals surface area contributed by atoms with Crippen molar-refractivity contribution < 1.29 is 52.5 Å². The highest BCUT2D eigenvalue weighted by atomic mass is 35.5. The standard InChI is InChI=1S/C54H56Cl3N5O11/c1-33-26-35(9-13-42(33)55)27-37-31-61(32-38(50(37)65)28-36-10-14-43(56)44(57)29-36)53(68)45(58)30-34-7-11-40(12-8-34)73-19-3-4-39(63)17-20-70-22-24-72-25-23-71-21-18-59-46-6-2-5-41-49(46)54(69)62(52(41)67)47-15-16-48(64)60-51(47)66/h2,5-14,26-29,45,47,59H,3-4,15-25,30-32,58H2,1H3,(H,60,64,66)/b37-27+,38-28+/t45-,47?/m0/s1. The predicted octanol–water partition coefficient (Wildman–Crippen LogP) is 7.08. The first-order valence-corrected chi connectivity index (χ1v) is 25.1. The molecule has 7 rings (SSSR count). The molecule has 1 unspecified atom stereocenters. The molecule has 3 aliphatic heterocycles. The van der Waals surface area contributed by atoms with Crippen molar-refractivity contribution in [3.8, 4) is 5.75 Å². The van der Waals surface area contributed by atoms with Crippen molar-refractivity contribution in [1.82, 2.24) is 15.1 Å². The van der Waals surface area contributed by atoms with E-state index in [0.717, 1.165) is 21.6 Å². The largest absolute Gasteiger partial charge is 0.494 e. The number of likely N-dealkylation sites (tertiary alicyclic amines) is 1. The Bertz CT molecular complexity index is 2730. The average Bonchev–Trinajstić information content (AvgIpc) is 3.62. The van der Waals surface area contributed by atoms with Crippen LogP contribution in [0.2, 0.25) is 15.1 Å². The van der Waals surface area contributed by atoms with Gasteiger partial charge in [0.1, 0.15) is 17.6 Å². The van der Waals surface area contributed by atoms with Crippen molar-refractivity contribution in [2.75, 3.05) is 71.2 Å². The Morgan fingerprint density at radius 2 is 1.42 bits per heavy atom. The number of hydrogen-bond donors (Lipinski definition) is 3. The molecular formula is C54H56Cl3N5O11. The number of hydrogen-bond acceptors (Lipinski definition) is 13. The van der Waals surface area contributed by atoms with Crippen molar-refractivity contribution in [1.29, 1.82) is 0 Å². The Morgan fingerprint density at radius 1 is 0.767 bits per heavy atom. The first-order valence-electron chi connectivity index (χ1n) is 23.9. The molecule has 0 aliphatic carbocycles. The molecule has 0 radical (unpaired) electrons. The SMILES string of the molecule is Cc1cc(/C=C2\CN(C(=O)[C@@H](N)Cc3ccc(OCCCC(=O)CCOCCOCCOCCNc4cccc5c4C(=O)N(C4CCC(=O)NC4=O)C5=O)cc3)C/C(=C\c3ccc(Cl)c(Cl)c3)C2=O)ccc1Cl. The summed E-state index contributed by atoms with van der Waals surface area (Å²) in [5.41, 5.74) is 11.3. The summed E-state index contributed by atoms with van der Waals surface area (Å²) < 4.78 is 22.6. The van der Waals surface area contributed by atoms with Gasteiger partial charge < -0.3 is 34.9 Å². The number of aryl methyl sites for hydroxylation is 1. The number of imide groups is 2. The quantitative estimate of drug-likeness (QED) is 0.0364. The number of benzene rings is 4. The molecule has 0 saturated carbocycles. The molecule has 0 aromatic heterocycles. The van der Waals surface area contributed by atoms with Crippen LogP contribution in [-0.2, 0) is 44.6 Å². The third-order valence-corrected chi connectivity index (χ3v) is 13.5. The fraction of sp³-hybridized carbons (Fsp3) is 0.352. The third-order valence-electron chi connectivity index (χ3n) is 12.3. The minimum absolute atomic E-state index is 0.0445. The van der Waals surface area contributed by atoms with Crippen LogP contribution in [0.3, 0.4) is 0 Å². The number of Topliss-reactive ketones (excluding diaryl/α,β-unsaturated/α-hetero) is 2. The topological polar surface area (TPSA) is 213 Å². The normalized spacial score (nSPS) is 17.3. The number of halogens is 3. The summed E-state index contributed by atoms with van der Waals surface area (Å²) in [5.74, 6) is -2.07. The van der Waals surface area contributed by atoms with Gasteiger partial charge in [-0.2, -0.15) is 0 Å². The fourth-order valence-electron chi connectivity index (χ4n) is 8.49. The first-order chi connectivity index (χ1) is 35.2. The molecule has 4 aromatic rings. The van der Waals surface area contributed by atoms with Gasteiger partial charge in [-0.1, -0.05) is 71.2 Å². The number of nitrogens with two attached hydrogens (primary N) is 1. The highest BCUT2D eigenvalue weighted by molar-refractivity contribution is 6.42. The monoisotopic (exact) mass is 1060 g/mol. The second-order valence-corrected chi connectivity index (χ2v) is 18.9. The number of anilines is 1. The molecule has 5 amide bonds. The molecule has 4 aromatic carbocycles. The minimum atomic E-state index is -1.04. The van der Waals surface area contributed by atoms with E-state index in [1.807, 2.05) is 31.2 Å². The molecule has 16 nitrogen and oxygen atoms in total. The molecule has 0 spiro atoms. The van der Waals surface area contributed by atoms with E-state index in [1.165, 1.54) is 6.07 Å². The number of ketones is 2.